The highest BCUT2D eigenvalue weighted by molar-refractivity contribution is 6.05. The summed E-state index contributed by atoms with van der Waals surface area (Å²) in [5.41, 5.74) is 8.11. The van der Waals surface area contributed by atoms with Crippen LogP contribution in [0.25, 0.3) is 0 Å². The van der Waals surface area contributed by atoms with E-state index in [-0.39, 0.29) is 5.91 Å². The molecule has 2 aliphatic heterocycles. The monoisotopic (exact) mass is 351 g/mol. The van der Waals surface area contributed by atoms with Crippen molar-refractivity contribution in [3.8, 4) is 0 Å². The van der Waals surface area contributed by atoms with Crippen molar-refractivity contribution in [2.24, 2.45) is 5.41 Å². The molecule has 136 valence electrons. The Kier molecular flexibility index (Phi) is 4.28. The first-order valence-electron chi connectivity index (χ1n) is 9.10. The van der Waals surface area contributed by atoms with Gasteiger partial charge in [-0.2, -0.15) is 0 Å². The average Bonchev–Trinajstić information content (AvgIpc) is 2.63. The van der Waals surface area contributed by atoms with Crippen LogP contribution in [0.5, 0.6) is 0 Å². The Balaban J connectivity index is 1.38. The molecule has 2 aromatic rings. The summed E-state index contributed by atoms with van der Waals surface area (Å²) < 4.78 is 0. The molecule has 0 unspecified atom stereocenters. The minimum Gasteiger partial charge on any atom is -0.397 e. The van der Waals surface area contributed by atoms with Gasteiger partial charge in [0, 0.05) is 32.4 Å². The van der Waals surface area contributed by atoms with Crippen LogP contribution in [-0.2, 0) is 0 Å². The van der Waals surface area contributed by atoms with Crippen molar-refractivity contribution in [2.75, 3.05) is 49.2 Å². The Bertz CT molecular complexity index is 788. The number of nitrogens with zero attached hydrogens (tertiary/aromatic N) is 3. The first-order chi connectivity index (χ1) is 12.5. The molecule has 4 rings (SSSR count). The summed E-state index contributed by atoms with van der Waals surface area (Å²) in [6.07, 6.45) is 4.08. The van der Waals surface area contributed by atoms with Gasteiger partial charge in [-0.25, -0.2) is 4.98 Å². The average molecular weight is 351 g/mol. The van der Waals surface area contributed by atoms with E-state index in [1.54, 1.807) is 18.3 Å². The summed E-state index contributed by atoms with van der Waals surface area (Å²) in [6.45, 7) is 4.51. The van der Waals surface area contributed by atoms with Gasteiger partial charge in [-0.15, -0.1) is 0 Å². The largest absolute Gasteiger partial charge is 0.397 e. The SMILES string of the molecule is CN1CC2(CCN(c3ccc(C(=O)Nc4ccccc4N)cn3)CC2)C1. The molecule has 2 fully saturated rings. The molecule has 0 aliphatic carbocycles. The number of rotatable bonds is 3. The van der Waals surface area contributed by atoms with Crippen molar-refractivity contribution >= 4 is 23.1 Å². The molecule has 0 bridgehead atoms. The van der Waals surface area contributed by atoms with Gasteiger partial charge in [-0.3, -0.25) is 4.79 Å². The van der Waals surface area contributed by atoms with Gasteiger partial charge in [0.15, 0.2) is 0 Å². The molecule has 2 aliphatic rings. The Morgan fingerprint density at radius 1 is 1.15 bits per heavy atom. The number of nitrogens with two attached hydrogens (primary N) is 1. The number of anilines is 3. The number of carbonyl (C=O) groups excluding carboxylic acids is 1. The molecule has 1 spiro atoms. The van der Waals surface area contributed by atoms with Gasteiger partial charge in [0.2, 0.25) is 0 Å². The second kappa shape index (κ2) is 6.61. The van der Waals surface area contributed by atoms with Gasteiger partial charge < -0.3 is 20.9 Å². The number of nitrogens with one attached hydrogen (secondary N) is 1. The van der Waals surface area contributed by atoms with E-state index in [2.05, 4.69) is 27.1 Å². The predicted octanol–water partition coefficient (Wildman–Crippen LogP) is 2.45. The number of amides is 1. The highest BCUT2D eigenvalue weighted by atomic mass is 16.1. The van der Waals surface area contributed by atoms with Gasteiger partial charge in [-0.1, -0.05) is 12.1 Å². The fraction of sp³-hybridized carbons (Fsp3) is 0.400. The smallest absolute Gasteiger partial charge is 0.257 e. The maximum atomic E-state index is 12.4. The van der Waals surface area contributed by atoms with Crippen LogP contribution in [-0.4, -0.2) is 49.0 Å². The van der Waals surface area contributed by atoms with Gasteiger partial charge in [-0.05, 0) is 49.6 Å². The van der Waals surface area contributed by atoms with E-state index < -0.39 is 0 Å². The molecule has 0 saturated carbocycles. The Hall–Kier alpha value is -2.60. The summed E-state index contributed by atoms with van der Waals surface area (Å²) in [7, 11) is 2.19. The number of aromatic nitrogens is 1. The molecule has 26 heavy (non-hydrogen) atoms. The number of likely N-dealkylation sites (tertiary alicyclic amines) is 1. The minimum atomic E-state index is -0.197. The zero-order chi connectivity index (χ0) is 18.1. The molecular formula is C20H25N5O. The van der Waals surface area contributed by atoms with E-state index in [1.165, 1.54) is 25.9 Å². The minimum absolute atomic E-state index is 0.197. The highest BCUT2D eigenvalue weighted by Crippen LogP contribution is 2.40. The van der Waals surface area contributed by atoms with Gasteiger partial charge in [0.25, 0.3) is 5.91 Å². The number of nitrogen functional groups attached to an aromatic ring is 1. The lowest BCUT2D eigenvalue weighted by Crippen LogP contribution is -2.58. The number of benzene rings is 1. The Morgan fingerprint density at radius 3 is 2.50 bits per heavy atom. The summed E-state index contributed by atoms with van der Waals surface area (Å²) in [6, 6.07) is 11.0. The van der Waals surface area contributed by atoms with Crippen molar-refractivity contribution in [3.63, 3.8) is 0 Å². The van der Waals surface area contributed by atoms with Crippen LogP contribution in [0.15, 0.2) is 42.6 Å². The predicted molar refractivity (Wildman–Crippen MR) is 104 cm³/mol. The number of hydrogen-bond acceptors (Lipinski definition) is 5. The molecule has 6 heteroatoms. The van der Waals surface area contributed by atoms with Gasteiger partial charge >= 0.3 is 0 Å². The van der Waals surface area contributed by atoms with Crippen LogP contribution in [0.1, 0.15) is 23.2 Å². The molecule has 0 atom stereocenters. The normalized spacial score (nSPS) is 19.2. The van der Waals surface area contributed by atoms with Crippen LogP contribution in [0, 0.1) is 5.41 Å². The molecule has 1 aromatic carbocycles. The third-order valence-corrected chi connectivity index (χ3v) is 5.58. The molecular weight excluding hydrogens is 326 g/mol. The summed E-state index contributed by atoms with van der Waals surface area (Å²) in [4.78, 5) is 21.6. The van der Waals surface area contributed by atoms with Crippen LogP contribution >= 0.6 is 0 Å². The molecule has 0 radical (unpaired) electrons. The second-order valence-corrected chi connectivity index (χ2v) is 7.61. The fourth-order valence-electron chi connectivity index (χ4n) is 4.14. The lowest BCUT2D eigenvalue weighted by Gasteiger charge is -2.53. The third-order valence-electron chi connectivity index (χ3n) is 5.58. The van der Waals surface area contributed by atoms with Crippen molar-refractivity contribution in [1.29, 1.82) is 0 Å². The Labute approximate surface area is 154 Å². The van der Waals surface area contributed by atoms with Crippen molar-refractivity contribution in [3.05, 3.63) is 48.2 Å². The van der Waals surface area contributed by atoms with E-state index in [0.717, 1.165) is 18.9 Å². The quantitative estimate of drug-likeness (QED) is 0.831. The summed E-state index contributed by atoms with van der Waals surface area (Å²) in [5.74, 6) is 0.750. The Morgan fingerprint density at radius 2 is 1.88 bits per heavy atom. The molecule has 3 N–H and O–H groups in total. The zero-order valence-electron chi connectivity index (χ0n) is 15.1. The number of carbonyl (C=O) groups is 1. The maximum Gasteiger partial charge on any atom is 0.257 e. The van der Waals surface area contributed by atoms with Crippen LogP contribution in [0.2, 0.25) is 0 Å². The summed E-state index contributed by atoms with van der Waals surface area (Å²) in [5, 5.41) is 2.83. The lowest BCUT2D eigenvalue weighted by molar-refractivity contribution is 0.00122. The van der Waals surface area contributed by atoms with E-state index >= 15 is 0 Å². The summed E-state index contributed by atoms with van der Waals surface area (Å²) >= 11 is 0. The van der Waals surface area contributed by atoms with Crippen LogP contribution in [0.4, 0.5) is 17.2 Å². The maximum absolute atomic E-state index is 12.4. The lowest BCUT2D eigenvalue weighted by atomic mass is 9.72. The van der Waals surface area contributed by atoms with Crippen molar-refractivity contribution < 1.29 is 4.79 Å². The zero-order valence-corrected chi connectivity index (χ0v) is 15.1. The number of hydrogen-bond donors (Lipinski definition) is 2. The molecule has 2 saturated heterocycles. The first-order valence-corrected chi connectivity index (χ1v) is 9.10. The van der Waals surface area contributed by atoms with Gasteiger partial charge in [0.05, 0.1) is 16.9 Å². The third kappa shape index (κ3) is 3.24. The van der Waals surface area contributed by atoms with Crippen molar-refractivity contribution in [2.45, 2.75) is 12.8 Å². The molecule has 3 heterocycles. The standard InChI is InChI=1S/C20H25N5O/c1-24-13-20(14-24)8-10-25(11-9-20)18-7-6-15(12-22-18)19(26)23-17-5-3-2-4-16(17)21/h2-7,12H,8-11,13-14,21H2,1H3,(H,23,26). The van der Waals surface area contributed by atoms with E-state index in [9.17, 15) is 4.79 Å². The van der Waals surface area contributed by atoms with E-state index in [0.29, 0.717) is 22.4 Å². The van der Waals surface area contributed by atoms with Gasteiger partial charge in [0.1, 0.15) is 5.82 Å². The number of para-hydroxylation sites is 2. The topological polar surface area (TPSA) is 74.5 Å². The van der Waals surface area contributed by atoms with E-state index in [1.807, 2.05) is 24.3 Å². The van der Waals surface area contributed by atoms with Crippen LogP contribution < -0.4 is 16.0 Å². The fourth-order valence-corrected chi connectivity index (χ4v) is 4.14. The first kappa shape index (κ1) is 16.8. The van der Waals surface area contributed by atoms with E-state index in [4.69, 9.17) is 5.73 Å². The molecule has 1 aromatic heterocycles. The molecule has 1 amide bonds. The van der Waals surface area contributed by atoms with Crippen molar-refractivity contribution in [1.82, 2.24) is 9.88 Å². The van der Waals surface area contributed by atoms with Crippen LogP contribution in [0.3, 0.4) is 0 Å². The number of piperidine rings is 1. The number of pyridine rings is 1. The second-order valence-electron chi connectivity index (χ2n) is 7.61. The molecule has 6 nitrogen and oxygen atoms in total. The highest BCUT2D eigenvalue weighted by Gasteiger charge is 2.43.